The average molecular weight is 144 g/mol. The van der Waals surface area contributed by atoms with Gasteiger partial charge in [-0.25, -0.2) is 0 Å². The highest BCUT2D eigenvalue weighted by atomic mass is 16.3. The number of rotatable bonds is 3. The molecule has 1 atom stereocenters. The second kappa shape index (κ2) is 3.32. The minimum Gasteiger partial charge on any atom is -0.396 e. The second-order valence-corrected chi connectivity index (χ2v) is 3.12. The van der Waals surface area contributed by atoms with E-state index in [1.807, 2.05) is 0 Å². The fourth-order valence-electron chi connectivity index (χ4n) is 1.53. The van der Waals surface area contributed by atoms with Crippen LogP contribution in [0.5, 0.6) is 0 Å². The second-order valence-electron chi connectivity index (χ2n) is 3.12. The molecule has 0 aromatic heterocycles. The Morgan fingerprint density at radius 1 is 1.60 bits per heavy atom. The summed E-state index contributed by atoms with van der Waals surface area (Å²) in [5.74, 6) is 0. The van der Waals surface area contributed by atoms with Crippen molar-refractivity contribution in [3.8, 4) is 0 Å². The molecule has 1 heterocycles. The minimum absolute atomic E-state index is 0.106. The van der Waals surface area contributed by atoms with Gasteiger partial charge in [0.25, 0.3) is 0 Å². The first-order valence-corrected chi connectivity index (χ1v) is 3.85. The van der Waals surface area contributed by atoms with E-state index in [9.17, 15) is 0 Å². The van der Waals surface area contributed by atoms with E-state index in [4.69, 9.17) is 10.8 Å². The van der Waals surface area contributed by atoms with Crippen LogP contribution < -0.4 is 11.1 Å². The number of aliphatic hydroxyl groups is 1. The van der Waals surface area contributed by atoms with Crippen LogP contribution in [0.15, 0.2) is 0 Å². The smallest absolute Gasteiger partial charge is 0.0500 e. The van der Waals surface area contributed by atoms with Gasteiger partial charge in [0.15, 0.2) is 0 Å². The molecule has 0 bridgehead atoms. The minimum atomic E-state index is 0.106. The van der Waals surface area contributed by atoms with Crippen molar-refractivity contribution in [2.24, 2.45) is 11.1 Å². The molecule has 4 N–H and O–H groups in total. The molecule has 0 saturated carbocycles. The van der Waals surface area contributed by atoms with Crippen molar-refractivity contribution < 1.29 is 5.11 Å². The summed E-state index contributed by atoms with van der Waals surface area (Å²) in [4.78, 5) is 0. The number of hydrogen-bond acceptors (Lipinski definition) is 3. The summed E-state index contributed by atoms with van der Waals surface area (Å²) in [5.41, 5.74) is 5.54. The molecule has 0 spiro atoms. The molecule has 1 rings (SSSR count). The lowest BCUT2D eigenvalue weighted by molar-refractivity contribution is 0.136. The van der Waals surface area contributed by atoms with Crippen molar-refractivity contribution in [3.05, 3.63) is 0 Å². The largest absolute Gasteiger partial charge is 0.396 e. The molecule has 0 aromatic carbocycles. The van der Waals surface area contributed by atoms with Crippen LogP contribution in [0.25, 0.3) is 0 Å². The van der Waals surface area contributed by atoms with Crippen LogP contribution in [0, 0.1) is 5.41 Å². The average Bonchev–Trinajstić information content (AvgIpc) is 2.39. The number of aliphatic hydroxyl groups excluding tert-OH is 1. The zero-order valence-electron chi connectivity index (χ0n) is 6.27. The molecule has 1 fully saturated rings. The zero-order chi connectivity index (χ0) is 7.45. The van der Waals surface area contributed by atoms with Gasteiger partial charge in [-0.15, -0.1) is 0 Å². The Morgan fingerprint density at radius 2 is 2.40 bits per heavy atom. The van der Waals surface area contributed by atoms with Gasteiger partial charge in [0.2, 0.25) is 0 Å². The SMILES string of the molecule is NCCC1(CO)CCNC1. The van der Waals surface area contributed by atoms with Crippen molar-refractivity contribution >= 4 is 0 Å². The first-order valence-electron chi connectivity index (χ1n) is 3.85. The Morgan fingerprint density at radius 3 is 2.80 bits per heavy atom. The summed E-state index contributed by atoms with van der Waals surface area (Å²) in [5, 5.41) is 12.3. The third kappa shape index (κ3) is 1.48. The highest BCUT2D eigenvalue weighted by Crippen LogP contribution is 2.27. The molecule has 0 radical (unpaired) electrons. The standard InChI is InChI=1S/C7H16N2O/c8-3-1-7(6-10)2-4-9-5-7/h9-10H,1-6,8H2. The third-order valence-electron chi connectivity index (χ3n) is 2.34. The van der Waals surface area contributed by atoms with Crippen LogP contribution in [-0.2, 0) is 0 Å². The van der Waals surface area contributed by atoms with Crippen LogP contribution in [0.4, 0.5) is 0 Å². The first-order chi connectivity index (χ1) is 4.83. The van der Waals surface area contributed by atoms with Crippen LogP contribution in [-0.4, -0.2) is 31.3 Å². The quantitative estimate of drug-likeness (QED) is 0.491. The number of nitrogens with two attached hydrogens (primary N) is 1. The molecule has 10 heavy (non-hydrogen) atoms. The summed E-state index contributed by atoms with van der Waals surface area (Å²) in [7, 11) is 0. The summed E-state index contributed by atoms with van der Waals surface area (Å²) in [6.45, 7) is 2.92. The summed E-state index contributed by atoms with van der Waals surface area (Å²) in [6, 6.07) is 0. The predicted molar refractivity (Wildman–Crippen MR) is 40.7 cm³/mol. The Kier molecular flexibility index (Phi) is 2.65. The molecule has 1 aliphatic rings. The lowest BCUT2D eigenvalue weighted by Gasteiger charge is -2.24. The Labute approximate surface area is 61.6 Å². The van der Waals surface area contributed by atoms with E-state index < -0.39 is 0 Å². The molecule has 1 aliphatic heterocycles. The molecule has 0 aliphatic carbocycles. The van der Waals surface area contributed by atoms with Gasteiger partial charge in [-0.2, -0.15) is 0 Å². The Bertz CT molecular complexity index is 99.8. The molecule has 0 aromatic rings. The monoisotopic (exact) mass is 144 g/mol. The van der Waals surface area contributed by atoms with E-state index >= 15 is 0 Å². The fourth-order valence-corrected chi connectivity index (χ4v) is 1.53. The van der Waals surface area contributed by atoms with E-state index in [1.165, 1.54) is 0 Å². The highest BCUT2D eigenvalue weighted by Gasteiger charge is 2.31. The van der Waals surface area contributed by atoms with E-state index in [0.717, 1.165) is 25.9 Å². The number of hydrogen-bond donors (Lipinski definition) is 3. The van der Waals surface area contributed by atoms with Gasteiger partial charge in [0.1, 0.15) is 0 Å². The van der Waals surface area contributed by atoms with E-state index in [2.05, 4.69) is 5.32 Å². The van der Waals surface area contributed by atoms with Crippen molar-refractivity contribution in [2.45, 2.75) is 12.8 Å². The summed E-state index contributed by atoms with van der Waals surface area (Å²) in [6.07, 6.45) is 2.01. The van der Waals surface area contributed by atoms with Crippen LogP contribution in [0.3, 0.4) is 0 Å². The van der Waals surface area contributed by atoms with E-state index in [0.29, 0.717) is 6.54 Å². The molecular weight excluding hydrogens is 128 g/mol. The maximum absolute atomic E-state index is 9.05. The molecule has 3 nitrogen and oxygen atoms in total. The van der Waals surface area contributed by atoms with E-state index in [-0.39, 0.29) is 12.0 Å². The fraction of sp³-hybridized carbons (Fsp3) is 1.00. The van der Waals surface area contributed by atoms with Gasteiger partial charge in [-0.3, -0.25) is 0 Å². The van der Waals surface area contributed by atoms with Crippen molar-refractivity contribution in [3.63, 3.8) is 0 Å². The Balaban J connectivity index is 2.41. The summed E-state index contributed by atoms with van der Waals surface area (Å²) < 4.78 is 0. The molecule has 0 amide bonds. The van der Waals surface area contributed by atoms with Gasteiger partial charge in [0.05, 0.1) is 6.61 Å². The van der Waals surface area contributed by atoms with Gasteiger partial charge in [-0.1, -0.05) is 0 Å². The van der Waals surface area contributed by atoms with Gasteiger partial charge in [0, 0.05) is 12.0 Å². The zero-order valence-corrected chi connectivity index (χ0v) is 6.27. The van der Waals surface area contributed by atoms with Gasteiger partial charge < -0.3 is 16.2 Å². The molecule has 1 saturated heterocycles. The predicted octanol–water partition coefficient (Wildman–Crippen LogP) is -0.693. The first kappa shape index (κ1) is 7.98. The molecular formula is C7H16N2O. The molecule has 1 unspecified atom stereocenters. The normalized spacial score (nSPS) is 33.0. The maximum atomic E-state index is 9.05. The molecule has 60 valence electrons. The highest BCUT2D eigenvalue weighted by molar-refractivity contribution is 4.87. The lowest BCUT2D eigenvalue weighted by atomic mass is 9.85. The Hall–Kier alpha value is -0.120. The van der Waals surface area contributed by atoms with Gasteiger partial charge >= 0.3 is 0 Å². The van der Waals surface area contributed by atoms with Crippen molar-refractivity contribution in [2.75, 3.05) is 26.2 Å². The van der Waals surface area contributed by atoms with Crippen LogP contribution in [0.1, 0.15) is 12.8 Å². The van der Waals surface area contributed by atoms with Crippen molar-refractivity contribution in [1.29, 1.82) is 0 Å². The third-order valence-corrected chi connectivity index (χ3v) is 2.34. The van der Waals surface area contributed by atoms with Gasteiger partial charge in [-0.05, 0) is 25.9 Å². The van der Waals surface area contributed by atoms with E-state index in [1.54, 1.807) is 0 Å². The van der Waals surface area contributed by atoms with Crippen molar-refractivity contribution in [1.82, 2.24) is 5.32 Å². The molecule has 3 heteroatoms. The van der Waals surface area contributed by atoms with Crippen LogP contribution in [0.2, 0.25) is 0 Å². The topological polar surface area (TPSA) is 58.3 Å². The van der Waals surface area contributed by atoms with Crippen LogP contribution >= 0.6 is 0 Å². The maximum Gasteiger partial charge on any atom is 0.0500 e. The summed E-state index contributed by atoms with van der Waals surface area (Å²) >= 11 is 0. The lowest BCUT2D eigenvalue weighted by Crippen LogP contribution is -2.30. The number of nitrogens with one attached hydrogen (secondary N) is 1.